The van der Waals surface area contributed by atoms with Crippen LogP contribution in [0.1, 0.15) is 22.8 Å². The van der Waals surface area contributed by atoms with Crippen LogP contribution in [0.3, 0.4) is 0 Å². The lowest BCUT2D eigenvalue weighted by Gasteiger charge is -2.39. The number of carboxylic acids is 1. The van der Waals surface area contributed by atoms with E-state index in [1.54, 1.807) is 6.92 Å². The molecule has 2 rings (SSSR count). The number of hydrogen-bond acceptors (Lipinski definition) is 4. The lowest BCUT2D eigenvalue weighted by molar-refractivity contribution is 0.0499. The molecule has 1 aliphatic heterocycles. The highest BCUT2D eigenvalue weighted by molar-refractivity contribution is 7.89. The Balaban J connectivity index is 2.32. The first-order valence-electron chi connectivity index (χ1n) is 6.26. The van der Waals surface area contributed by atoms with E-state index in [4.69, 9.17) is 5.11 Å². The summed E-state index contributed by atoms with van der Waals surface area (Å²) < 4.78 is 26.1. The Morgan fingerprint density at radius 3 is 2.50 bits per heavy atom. The van der Waals surface area contributed by atoms with Crippen LogP contribution >= 0.6 is 0 Å². The number of carbonyl (C=O) groups is 1. The van der Waals surface area contributed by atoms with Crippen molar-refractivity contribution in [3.8, 4) is 0 Å². The van der Waals surface area contributed by atoms with Crippen molar-refractivity contribution >= 4 is 16.0 Å². The summed E-state index contributed by atoms with van der Waals surface area (Å²) >= 11 is 0. The van der Waals surface area contributed by atoms with Gasteiger partial charge in [-0.25, -0.2) is 13.2 Å². The van der Waals surface area contributed by atoms with Gasteiger partial charge in [0.25, 0.3) is 0 Å². The molecule has 110 valence electrons. The third-order valence-corrected chi connectivity index (χ3v) is 5.67. The SMILES string of the molecule is Cc1c(C(=O)O)cccc1S(=O)(=O)N1CC([C@@H](C)O)C1. The molecule has 7 heteroatoms. The molecule has 1 aromatic rings. The zero-order valence-electron chi connectivity index (χ0n) is 11.3. The predicted molar refractivity (Wildman–Crippen MR) is 72.1 cm³/mol. The molecule has 0 aliphatic carbocycles. The van der Waals surface area contributed by atoms with Gasteiger partial charge in [0.05, 0.1) is 16.6 Å². The minimum Gasteiger partial charge on any atom is -0.478 e. The van der Waals surface area contributed by atoms with Crippen LogP contribution in [0.4, 0.5) is 0 Å². The molecule has 0 amide bonds. The first-order chi connectivity index (χ1) is 9.25. The van der Waals surface area contributed by atoms with Crippen molar-refractivity contribution in [2.24, 2.45) is 5.92 Å². The number of rotatable bonds is 4. The second-order valence-corrected chi connectivity index (χ2v) is 6.96. The summed E-state index contributed by atoms with van der Waals surface area (Å²) in [6.07, 6.45) is -0.548. The minimum absolute atomic E-state index is 0.0151. The summed E-state index contributed by atoms with van der Waals surface area (Å²) in [7, 11) is -3.70. The van der Waals surface area contributed by atoms with E-state index >= 15 is 0 Å². The van der Waals surface area contributed by atoms with Crippen molar-refractivity contribution in [3.05, 3.63) is 29.3 Å². The molecule has 0 unspecified atom stereocenters. The molecule has 6 nitrogen and oxygen atoms in total. The molecule has 2 N–H and O–H groups in total. The predicted octanol–water partition coefficient (Wildman–Crippen LogP) is 0.695. The van der Waals surface area contributed by atoms with Gasteiger partial charge in [-0.05, 0) is 31.5 Å². The Morgan fingerprint density at radius 1 is 1.40 bits per heavy atom. The highest BCUT2D eigenvalue weighted by Gasteiger charge is 2.39. The molecular formula is C13H17NO5S. The van der Waals surface area contributed by atoms with E-state index in [0.29, 0.717) is 0 Å². The Hall–Kier alpha value is -1.44. The van der Waals surface area contributed by atoms with E-state index in [0.717, 1.165) is 0 Å². The van der Waals surface area contributed by atoms with Crippen LogP contribution in [0.2, 0.25) is 0 Å². The second kappa shape index (κ2) is 5.16. The lowest BCUT2D eigenvalue weighted by atomic mass is 9.98. The van der Waals surface area contributed by atoms with Crippen molar-refractivity contribution < 1.29 is 23.4 Å². The van der Waals surface area contributed by atoms with Crippen molar-refractivity contribution in [2.45, 2.75) is 24.8 Å². The summed E-state index contributed by atoms with van der Waals surface area (Å²) in [5.74, 6) is -1.21. The number of hydrogen-bond donors (Lipinski definition) is 2. The van der Waals surface area contributed by atoms with Crippen LogP contribution in [0.5, 0.6) is 0 Å². The maximum atomic E-state index is 12.4. The van der Waals surface area contributed by atoms with Gasteiger partial charge in [-0.2, -0.15) is 4.31 Å². The normalized spacial score (nSPS) is 18.6. The maximum Gasteiger partial charge on any atom is 0.335 e. The third-order valence-electron chi connectivity index (χ3n) is 3.69. The molecule has 1 aromatic carbocycles. The van der Waals surface area contributed by atoms with Gasteiger partial charge in [0.15, 0.2) is 0 Å². The molecule has 0 bridgehead atoms. The maximum absolute atomic E-state index is 12.4. The molecule has 0 spiro atoms. The summed E-state index contributed by atoms with van der Waals surface area (Å²) in [6, 6.07) is 4.22. The summed E-state index contributed by atoms with van der Waals surface area (Å²) in [5.41, 5.74) is 0.221. The molecule has 0 radical (unpaired) electrons. The molecule has 0 saturated carbocycles. The Kier molecular flexibility index (Phi) is 3.86. The fraction of sp³-hybridized carbons (Fsp3) is 0.462. The number of aliphatic hydroxyl groups is 1. The van der Waals surface area contributed by atoms with Crippen molar-refractivity contribution in [1.82, 2.24) is 4.31 Å². The number of benzene rings is 1. The molecule has 1 atom stereocenters. The van der Waals surface area contributed by atoms with Gasteiger partial charge >= 0.3 is 5.97 Å². The minimum atomic E-state index is -3.70. The average Bonchev–Trinajstić information content (AvgIpc) is 2.25. The number of nitrogens with zero attached hydrogens (tertiary/aromatic N) is 1. The van der Waals surface area contributed by atoms with Crippen LogP contribution in [-0.4, -0.2) is 48.1 Å². The van der Waals surface area contributed by atoms with E-state index in [2.05, 4.69) is 0 Å². The van der Waals surface area contributed by atoms with Gasteiger partial charge in [-0.3, -0.25) is 0 Å². The Labute approximate surface area is 117 Å². The monoisotopic (exact) mass is 299 g/mol. The lowest BCUT2D eigenvalue weighted by Crippen LogP contribution is -2.53. The molecule has 0 aromatic heterocycles. The first-order valence-corrected chi connectivity index (χ1v) is 7.70. The van der Waals surface area contributed by atoms with Gasteiger partial charge in [0, 0.05) is 19.0 Å². The number of aromatic carboxylic acids is 1. The third kappa shape index (κ3) is 2.44. The summed E-state index contributed by atoms with van der Waals surface area (Å²) in [6.45, 7) is 3.64. The van der Waals surface area contributed by atoms with E-state index in [1.807, 2.05) is 0 Å². The second-order valence-electron chi connectivity index (χ2n) is 5.06. The van der Waals surface area contributed by atoms with Gasteiger partial charge in [-0.1, -0.05) is 6.07 Å². The van der Waals surface area contributed by atoms with E-state index in [-0.39, 0.29) is 35.0 Å². The topological polar surface area (TPSA) is 94.9 Å². The van der Waals surface area contributed by atoms with Gasteiger partial charge in [0.1, 0.15) is 0 Å². The van der Waals surface area contributed by atoms with Gasteiger partial charge < -0.3 is 10.2 Å². The number of sulfonamides is 1. The number of carboxylic acid groups (broad SMARTS) is 1. The van der Waals surface area contributed by atoms with Crippen molar-refractivity contribution in [2.75, 3.05) is 13.1 Å². The molecule has 20 heavy (non-hydrogen) atoms. The van der Waals surface area contributed by atoms with E-state index in [1.165, 1.54) is 29.4 Å². The summed E-state index contributed by atoms with van der Waals surface area (Å²) in [4.78, 5) is 11.1. The standard InChI is InChI=1S/C13H17NO5S/c1-8-11(13(16)17)4-3-5-12(8)20(18,19)14-6-10(7-14)9(2)15/h3-5,9-10,15H,6-7H2,1-2H3,(H,16,17)/t9-/m1/s1. The zero-order chi connectivity index (χ0) is 15.1. The van der Waals surface area contributed by atoms with Crippen molar-refractivity contribution in [3.63, 3.8) is 0 Å². The van der Waals surface area contributed by atoms with Gasteiger partial charge in [-0.15, -0.1) is 0 Å². The summed E-state index contributed by atoms with van der Waals surface area (Å²) in [5, 5.41) is 18.4. The highest BCUT2D eigenvalue weighted by Crippen LogP contribution is 2.29. The molecule has 1 heterocycles. The zero-order valence-corrected chi connectivity index (χ0v) is 12.1. The largest absolute Gasteiger partial charge is 0.478 e. The van der Waals surface area contributed by atoms with Crippen molar-refractivity contribution in [1.29, 1.82) is 0 Å². The van der Waals surface area contributed by atoms with Crippen LogP contribution in [-0.2, 0) is 10.0 Å². The van der Waals surface area contributed by atoms with Crippen LogP contribution < -0.4 is 0 Å². The average molecular weight is 299 g/mol. The van der Waals surface area contributed by atoms with Crippen LogP contribution in [0, 0.1) is 12.8 Å². The van der Waals surface area contributed by atoms with E-state index < -0.39 is 22.1 Å². The number of aliphatic hydroxyl groups excluding tert-OH is 1. The molecule has 1 saturated heterocycles. The Bertz CT molecular complexity index is 632. The molecule has 1 fully saturated rings. The fourth-order valence-corrected chi connectivity index (χ4v) is 4.04. The highest BCUT2D eigenvalue weighted by atomic mass is 32.2. The van der Waals surface area contributed by atoms with E-state index in [9.17, 15) is 18.3 Å². The molecular weight excluding hydrogens is 282 g/mol. The van der Waals surface area contributed by atoms with Crippen LogP contribution in [0.15, 0.2) is 23.1 Å². The quantitative estimate of drug-likeness (QED) is 0.853. The Morgan fingerprint density at radius 2 is 2.00 bits per heavy atom. The molecule has 1 aliphatic rings. The van der Waals surface area contributed by atoms with Gasteiger partial charge in [0.2, 0.25) is 10.0 Å². The smallest absolute Gasteiger partial charge is 0.335 e. The first kappa shape index (κ1) is 15.0. The van der Waals surface area contributed by atoms with Crippen LogP contribution in [0.25, 0.3) is 0 Å². The fourth-order valence-electron chi connectivity index (χ4n) is 2.24.